The maximum atomic E-state index is 12.1. The molecule has 2 rings (SSSR count). The number of nitrogens with one attached hydrogen (secondary N) is 1. The maximum Gasteiger partial charge on any atom is 0.265 e. The molecule has 8 heteroatoms. The molecule has 21 heavy (non-hydrogen) atoms. The molecule has 1 unspecified atom stereocenters. The number of thioether (sulfide) groups is 1. The molecule has 118 valence electrons. The van der Waals surface area contributed by atoms with Crippen LogP contribution in [0, 0.1) is 0 Å². The van der Waals surface area contributed by atoms with Crippen LogP contribution in [-0.4, -0.2) is 48.6 Å². The normalized spacial score (nSPS) is 18.2. The fourth-order valence-electron chi connectivity index (χ4n) is 2.23. The summed E-state index contributed by atoms with van der Waals surface area (Å²) in [5.74, 6) is 1.32. The number of hydrogen-bond donors (Lipinski definition) is 3. The number of aromatic nitrogens is 1. The summed E-state index contributed by atoms with van der Waals surface area (Å²) in [6.07, 6.45) is 5.13. The van der Waals surface area contributed by atoms with Crippen LogP contribution in [0.4, 0.5) is 10.9 Å². The van der Waals surface area contributed by atoms with Crippen LogP contribution in [0.3, 0.4) is 0 Å². The molecule has 6 nitrogen and oxygen atoms in total. The molecule has 1 aliphatic heterocycles. The van der Waals surface area contributed by atoms with Crippen molar-refractivity contribution in [1.29, 1.82) is 0 Å². The minimum atomic E-state index is -0.121. The van der Waals surface area contributed by atoms with E-state index in [4.69, 9.17) is 11.5 Å². The smallest absolute Gasteiger partial charge is 0.265 e. The number of thiazole rings is 1. The molecule has 1 amide bonds. The van der Waals surface area contributed by atoms with Gasteiger partial charge in [0.15, 0.2) is 5.13 Å². The molecule has 0 spiro atoms. The molecule has 5 N–H and O–H groups in total. The van der Waals surface area contributed by atoms with Crippen LogP contribution >= 0.6 is 23.1 Å². The van der Waals surface area contributed by atoms with Gasteiger partial charge in [-0.25, -0.2) is 4.98 Å². The minimum Gasteiger partial charge on any atom is -0.382 e. The molecule has 0 aliphatic carbocycles. The third-order valence-corrected chi connectivity index (χ3v) is 5.23. The third kappa shape index (κ3) is 4.49. The Morgan fingerprint density at radius 3 is 3.05 bits per heavy atom. The number of hydrogen-bond acceptors (Lipinski definition) is 7. The Bertz CT molecular complexity index is 479. The number of carbonyl (C=O) groups excluding carboxylic acids is 1. The second kappa shape index (κ2) is 7.86. The fraction of sp³-hybridized carbons (Fsp3) is 0.692. The van der Waals surface area contributed by atoms with Gasteiger partial charge in [-0.3, -0.25) is 4.79 Å². The van der Waals surface area contributed by atoms with Crippen molar-refractivity contribution in [3.05, 3.63) is 4.88 Å². The van der Waals surface area contributed by atoms with E-state index in [1.165, 1.54) is 11.3 Å². The summed E-state index contributed by atoms with van der Waals surface area (Å²) in [5, 5.41) is 3.71. The number of rotatable bonds is 7. The van der Waals surface area contributed by atoms with Crippen LogP contribution in [0.1, 0.15) is 28.9 Å². The van der Waals surface area contributed by atoms with Crippen LogP contribution in [0.2, 0.25) is 0 Å². The Balaban J connectivity index is 1.88. The topological polar surface area (TPSA) is 97.3 Å². The van der Waals surface area contributed by atoms with E-state index in [1.54, 1.807) is 0 Å². The van der Waals surface area contributed by atoms with Gasteiger partial charge in [0.2, 0.25) is 0 Å². The van der Waals surface area contributed by atoms with Crippen molar-refractivity contribution >= 4 is 40.0 Å². The molecule has 1 aromatic rings. The maximum absolute atomic E-state index is 12.1. The van der Waals surface area contributed by atoms with E-state index < -0.39 is 0 Å². The third-order valence-electron chi connectivity index (χ3n) is 3.40. The van der Waals surface area contributed by atoms with E-state index in [0.29, 0.717) is 17.2 Å². The van der Waals surface area contributed by atoms with Gasteiger partial charge >= 0.3 is 0 Å². The number of nitrogens with zero attached hydrogens (tertiary/aromatic N) is 2. The van der Waals surface area contributed by atoms with E-state index in [1.807, 2.05) is 11.8 Å². The second-order valence-electron chi connectivity index (χ2n) is 5.16. The fourth-order valence-corrected chi connectivity index (χ4v) is 3.66. The zero-order valence-electron chi connectivity index (χ0n) is 12.3. The summed E-state index contributed by atoms with van der Waals surface area (Å²) in [4.78, 5) is 19.0. The van der Waals surface area contributed by atoms with E-state index in [2.05, 4.69) is 21.5 Å². The predicted molar refractivity (Wildman–Crippen MR) is 91.3 cm³/mol. The monoisotopic (exact) mass is 329 g/mol. The highest BCUT2D eigenvalue weighted by atomic mass is 32.2. The van der Waals surface area contributed by atoms with Gasteiger partial charge in [-0.05, 0) is 31.3 Å². The molecule has 0 bridgehead atoms. The lowest BCUT2D eigenvalue weighted by molar-refractivity contribution is 0.0958. The van der Waals surface area contributed by atoms with Gasteiger partial charge in [0.05, 0.1) is 0 Å². The Morgan fingerprint density at radius 2 is 2.38 bits per heavy atom. The quantitative estimate of drug-likeness (QED) is 0.649. The van der Waals surface area contributed by atoms with Crippen molar-refractivity contribution in [2.75, 3.05) is 42.3 Å². The number of nitrogens with two attached hydrogens (primary N) is 2. The standard InChI is InChI=1S/C13H23N5OS2/c1-20-7-3-2-5-16-12(19)10-11(15)17-13(21-10)18-6-4-9(14)8-18/h9H,2-8,14-15H2,1H3,(H,16,19). The molecule has 0 radical (unpaired) electrons. The number of carbonyl (C=O) groups is 1. The molecule has 1 atom stereocenters. The van der Waals surface area contributed by atoms with Crippen molar-refractivity contribution in [1.82, 2.24) is 10.3 Å². The average molecular weight is 329 g/mol. The second-order valence-corrected chi connectivity index (χ2v) is 7.12. The van der Waals surface area contributed by atoms with Gasteiger partial charge in [0, 0.05) is 25.7 Å². The summed E-state index contributed by atoms with van der Waals surface area (Å²) < 4.78 is 0. The van der Waals surface area contributed by atoms with Crippen LogP contribution in [0.15, 0.2) is 0 Å². The van der Waals surface area contributed by atoms with Crippen LogP contribution < -0.4 is 21.7 Å². The predicted octanol–water partition coefficient (Wildman–Crippen LogP) is 1.14. The Kier molecular flexibility index (Phi) is 6.13. The van der Waals surface area contributed by atoms with Crippen molar-refractivity contribution in [2.24, 2.45) is 5.73 Å². The van der Waals surface area contributed by atoms with Crippen LogP contribution in [-0.2, 0) is 0 Å². The highest BCUT2D eigenvalue weighted by molar-refractivity contribution is 7.98. The first-order valence-electron chi connectivity index (χ1n) is 7.15. The molecular weight excluding hydrogens is 306 g/mol. The zero-order valence-corrected chi connectivity index (χ0v) is 13.9. The lowest BCUT2D eigenvalue weighted by Crippen LogP contribution is -2.26. The molecule has 1 aliphatic rings. The van der Waals surface area contributed by atoms with Crippen molar-refractivity contribution in [3.8, 4) is 0 Å². The van der Waals surface area contributed by atoms with E-state index >= 15 is 0 Å². The zero-order chi connectivity index (χ0) is 15.2. The molecular formula is C13H23N5OS2. The number of unbranched alkanes of at least 4 members (excludes halogenated alkanes) is 1. The Labute approximate surface area is 133 Å². The first kappa shape index (κ1) is 16.4. The molecule has 0 saturated carbocycles. The van der Waals surface area contributed by atoms with Crippen molar-refractivity contribution in [2.45, 2.75) is 25.3 Å². The molecule has 0 aromatic carbocycles. The van der Waals surface area contributed by atoms with Crippen LogP contribution in [0.5, 0.6) is 0 Å². The first-order chi connectivity index (χ1) is 10.1. The summed E-state index contributed by atoms with van der Waals surface area (Å²) >= 11 is 3.17. The summed E-state index contributed by atoms with van der Waals surface area (Å²) in [5.41, 5.74) is 11.8. The van der Waals surface area contributed by atoms with Gasteiger partial charge in [0.1, 0.15) is 10.7 Å². The molecule has 1 aromatic heterocycles. The van der Waals surface area contributed by atoms with Gasteiger partial charge < -0.3 is 21.7 Å². The lowest BCUT2D eigenvalue weighted by Gasteiger charge is -2.12. The van der Waals surface area contributed by atoms with E-state index in [9.17, 15) is 4.79 Å². The van der Waals surface area contributed by atoms with Crippen molar-refractivity contribution in [3.63, 3.8) is 0 Å². The highest BCUT2D eigenvalue weighted by Crippen LogP contribution is 2.30. The Hall–Kier alpha value is -0.990. The molecule has 1 fully saturated rings. The van der Waals surface area contributed by atoms with E-state index in [0.717, 1.165) is 43.2 Å². The summed E-state index contributed by atoms with van der Waals surface area (Å²) in [6.45, 7) is 2.34. The summed E-state index contributed by atoms with van der Waals surface area (Å²) in [6, 6.07) is 0.184. The minimum absolute atomic E-state index is 0.121. The molecule has 2 heterocycles. The van der Waals surface area contributed by atoms with Gasteiger partial charge in [-0.2, -0.15) is 11.8 Å². The van der Waals surface area contributed by atoms with E-state index in [-0.39, 0.29) is 11.9 Å². The average Bonchev–Trinajstić information content (AvgIpc) is 3.04. The summed E-state index contributed by atoms with van der Waals surface area (Å²) in [7, 11) is 0. The number of anilines is 2. The highest BCUT2D eigenvalue weighted by Gasteiger charge is 2.24. The van der Waals surface area contributed by atoms with Crippen LogP contribution in [0.25, 0.3) is 0 Å². The molecule has 1 saturated heterocycles. The largest absolute Gasteiger partial charge is 0.382 e. The number of nitrogen functional groups attached to an aromatic ring is 1. The number of amides is 1. The van der Waals surface area contributed by atoms with Gasteiger partial charge in [-0.15, -0.1) is 0 Å². The van der Waals surface area contributed by atoms with Crippen molar-refractivity contribution < 1.29 is 4.79 Å². The first-order valence-corrected chi connectivity index (χ1v) is 9.36. The van der Waals surface area contributed by atoms with Gasteiger partial charge in [-0.1, -0.05) is 11.3 Å². The lowest BCUT2D eigenvalue weighted by atomic mass is 10.3. The SMILES string of the molecule is CSCCCCNC(=O)c1sc(N2CCC(N)C2)nc1N. The van der Waals surface area contributed by atoms with Gasteiger partial charge in [0.25, 0.3) is 5.91 Å². The Morgan fingerprint density at radius 1 is 1.57 bits per heavy atom.